The largest absolute Gasteiger partial charge is 0.300 e. The minimum Gasteiger partial charge on any atom is -0.300 e. The van der Waals surface area contributed by atoms with Gasteiger partial charge in [0, 0.05) is 31.5 Å². The van der Waals surface area contributed by atoms with Gasteiger partial charge in [-0.1, -0.05) is 5.92 Å². The predicted molar refractivity (Wildman–Crippen MR) is 71.5 cm³/mol. The summed E-state index contributed by atoms with van der Waals surface area (Å²) in [6.07, 6.45) is 5.64. The van der Waals surface area contributed by atoms with Crippen molar-refractivity contribution >= 4 is 21.8 Å². The second-order valence-corrected chi connectivity index (χ2v) is 5.74. The number of rotatable bonds is 2. The molecule has 1 fully saturated rings. The van der Waals surface area contributed by atoms with Gasteiger partial charge < -0.3 is 0 Å². The predicted octanol–water partition coefficient (Wildman–Crippen LogP) is 2.23. The first-order chi connectivity index (χ1) is 9.01. The van der Waals surface area contributed by atoms with Gasteiger partial charge >= 0.3 is 0 Å². The molecule has 0 N–H and O–H groups in total. The topological polar surface area (TPSA) is 49.7 Å². The molecule has 0 saturated carbocycles. The van der Waals surface area contributed by atoms with E-state index in [0.29, 0.717) is 5.56 Å². The third-order valence-corrected chi connectivity index (χ3v) is 4.29. The highest BCUT2D eigenvalue weighted by molar-refractivity contribution is 7.86. The summed E-state index contributed by atoms with van der Waals surface area (Å²) in [5.74, 6) is 2.49. The fourth-order valence-electron chi connectivity index (χ4n) is 1.77. The standard InChI is InChI=1S/C13H13FN2O2S/c1-2-11-3-5-12(6-4-11)15-19(14,18)16-9-7-13(17)8-10-16/h1,3-6H,7-10H2. The van der Waals surface area contributed by atoms with Crippen molar-refractivity contribution in [3.63, 3.8) is 0 Å². The van der Waals surface area contributed by atoms with Gasteiger partial charge in [0.2, 0.25) is 0 Å². The lowest BCUT2D eigenvalue weighted by molar-refractivity contribution is -0.120. The second kappa shape index (κ2) is 5.51. The van der Waals surface area contributed by atoms with Crippen molar-refractivity contribution in [3.05, 3.63) is 29.8 Å². The lowest BCUT2D eigenvalue weighted by atomic mass is 10.1. The van der Waals surface area contributed by atoms with Crippen LogP contribution in [0, 0.1) is 12.3 Å². The molecule has 0 radical (unpaired) electrons. The summed E-state index contributed by atoms with van der Waals surface area (Å²) in [5, 5.41) is 0. The second-order valence-electron chi connectivity index (χ2n) is 4.18. The van der Waals surface area contributed by atoms with Gasteiger partial charge in [-0.25, -0.2) is 0 Å². The Morgan fingerprint density at radius 2 is 1.84 bits per heavy atom. The van der Waals surface area contributed by atoms with E-state index in [1.165, 1.54) is 12.1 Å². The molecular weight excluding hydrogens is 267 g/mol. The van der Waals surface area contributed by atoms with Crippen LogP contribution >= 0.6 is 0 Å². The van der Waals surface area contributed by atoms with Crippen LogP contribution in [0.2, 0.25) is 0 Å². The Hall–Kier alpha value is -1.71. The lowest BCUT2D eigenvalue weighted by Crippen LogP contribution is -2.36. The SMILES string of the molecule is C#Cc1ccc(N=S(=O)(F)N2CCC(=O)CC2)cc1. The van der Waals surface area contributed by atoms with Crippen molar-refractivity contribution in [1.29, 1.82) is 0 Å². The molecule has 0 aromatic heterocycles. The number of ketones is 1. The van der Waals surface area contributed by atoms with Gasteiger partial charge in [-0.2, -0.15) is 12.9 Å². The van der Waals surface area contributed by atoms with Gasteiger partial charge in [0.05, 0.1) is 5.69 Å². The van der Waals surface area contributed by atoms with Crippen LogP contribution in [0.3, 0.4) is 0 Å². The quantitative estimate of drug-likeness (QED) is 0.616. The Bertz CT molecular complexity index is 630. The van der Waals surface area contributed by atoms with Crippen molar-refractivity contribution in [2.45, 2.75) is 12.8 Å². The maximum Gasteiger partial charge on any atom is 0.275 e. The Labute approximate surface area is 112 Å². The summed E-state index contributed by atoms with van der Waals surface area (Å²) >= 11 is 0. The monoisotopic (exact) mass is 280 g/mol. The molecule has 6 heteroatoms. The number of piperidine rings is 1. The first kappa shape index (κ1) is 13.7. The number of Topliss-reactive ketones (excluding diaryl/α,β-unsaturated/α-hetero) is 1. The van der Waals surface area contributed by atoms with Gasteiger partial charge in [0.25, 0.3) is 10.3 Å². The number of hydrogen-bond donors (Lipinski definition) is 0. The van der Waals surface area contributed by atoms with Gasteiger partial charge in [0.15, 0.2) is 0 Å². The average molecular weight is 280 g/mol. The molecule has 1 saturated heterocycles. The van der Waals surface area contributed by atoms with E-state index in [1.807, 2.05) is 0 Å². The van der Waals surface area contributed by atoms with E-state index in [9.17, 15) is 12.9 Å². The maximum atomic E-state index is 14.1. The number of carbonyl (C=O) groups is 1. The lowest BCUT2D eigenvalue weighted by Gasteiger charge is -2.23. The van der Waals surface area contributed by atoms with E-state index < -0.39 is 10.3 Å². The molecule has 1 atom stereocenters. The number of benzene rings is 1. The maximum absolute atomic E-state index is 14.1. The molecule has 1 unspecified atom stereocenters. The molecule has 1 aromatic rings. The van der Waals surface area contributed by atoms with Crippen LogP contribution in [0.4, 0.5) is 9.57 Å². The molecule has 19 heavy (non-hydrogen) atoms. The first-order valence-electron chi connectivity index (χ1n) is 5.81. The summed E-state index contributed by atoms with van der Waals surface area (Å²) < 4.78 is 30.8. The molecule has 1 aromatic carbocycles. The fraction of sp³-hybridized carbons (Fsp3) is 0.308. The molecule has 0 aliphatic carbocycles. The number of hydrogen-bond acceptors (Lipinski definition) is 3. The molecule has 0 bridgehead atoms. The highest BCUT2D eigenvalue weighted by Gasteiger charge is 2.25. The van der Waals surface area contributed by atoms with Crippen molar-refractivity contribution in [3.8, 4) is 12.3 Å². The highest BCUT2D eigenvalue weighted by Crippen LogP contribution is 2.21. The Kier molecular flexibility index (Phi) is 3.98. The molecule has 1 heterocycles. The first-order valence-corrected chi connectivity index (χ1v) is 7.19. The van der Waals surface area contributed by atoms with E-state index in [1.54, 1.807) is 12.1 Å². The van der Waals surface area contributed by atoms with Crippen molar-refractivity contribution in [2.24, 2.45) is 4.36 Å². The highest BCUT2D eigenvalue weighted by atomic mass is 32.3. The van der Waals surface area contributed by atoms with Gasteiger partial charge in [-0.05, 0) is 24.3 Å². The Morgan fingerprint density at radius 1 is 1.26 bits per heavy atom. The molecule has 100 valence electrons. The Balaban J connectivity index is 2.22. The molecule has 0 spiro atoms. The van der Waals surface area contributed by atoms with E-state index in [-0.39, 0.29) is 37.4 Å². The molecule has 1 aliphatic rings. The van der Waals surface area contributed by atoms with E-state index in [0.717, 1.165) is 4.31 Å². The molecule has 2 rings (SSSR count). The van der Waals surface area contributed by atoms with E-state index >= 15 is 0 Å². The molecular formula is C13H13FN2O2S. The minimum atomic E-state index is -3.97. The number of halogens is 1. The van der Waals surface area contributed by atoms with Crippen LogP contribution in [0.15, 0.2) is 28.6 Å². The van der Waals surface area contributed by atoms with Crippen LogP contribution in [0.1, 0.15) is 18.4 Å². The van der Waals surface area contributed by atoms with Crippen molar-refractivity contribution in [2.75, 3.05) is 13.1 Å². The summed E-state index contributed by atoms with van der Waals surface area (Å²) in [6, 6.07) is 6.25. The zero-order valence-corrected chi connectivity index (χ0v) is 11.0. The summed E-state index contributed by atoms with van der Waals surface area (Å²) in [5.41, 5.74) is 0.913. The average Bonchev–Trinajstić information content (AvgIpc) is 2.40. The molecule has 4 nitrogen and oxygen atoms in total. The fourth-order valence-corrected chi connectivity index (χ4v) is 2.90. The zero-order chi connectivity index (χ0) is 13.9. The number of nitrogens with zero attached hydrogens (tertiary/aromatic N) is 2. The number of terminal acetylenes is 1. The normalized spacial score (nSPS) is 19.5. The summed E-state index contributed by atoms with van der Waals surface area (Å²) in [4.78, 5) is 11.1. The molecule has 1 aliphatic heterocycles. The minimum absolute atomic E-state index is 0.0600. The van der Waals surface area contributed by atoms with Crippen LogP contribution in [0.5, 0.6) is 0 Å². The van der Waals surface area contributed by atoms with Gasteiger partial charge in [-0.3, -0.25) is 4.79 Å². The van der Waals surface area contributed by atoms with Crippen LogP contribution < -0.4 is 0 Å². The number of carbonyl (C=O) groups excluding carboxylic acids is 1. The smallest absolute Gasteiger partial charge is 0.275 e. The van der Waals surface area contributed by atoms with Crippen LogP contribution in [-0.4, -0.2) is 27.4 Å². The van der Waals surface area contributed by atoms with Gasteiger partial charge in [-0.15, -0.1) is 10.3 Å². The third kappa shape index (κ3) is 3.40. The van der Waals surface area contributed by atoms with Gasteiger partial charge in [0.1, 0.15) is 5.78 Å². The summed E-state index contributed by atoms with van der Waals surface area (Å²) in [7, 11) is -3.97. The Morgan fingerprint density at radius 3 is 2.37 bits per heavy atom. The van der Waals surface area contributed by atoms with E-state index in [4.69, 9.17) is 6.42 Å². The third-order valence-electron chi connectivity index (χ3n) is 2.85. The van der Waals surface area contributed by atoms with E-state index in [2.05, 4.69) is 10.3 Å². The zero-order valence-electron chi connectivity index (χ0n) is 10.2. The molecule has 0 amide bonds. The van der Waals surface area contributed by atoms with Crippen LogP contribution in [0.25, 0.3) is 0 Å². The summed E-state index contributed by atoms with van der Waals surface area (Å²) in [6.45, 7) is 0.278. The van der Waals surface area contributed by atoms with Crippen molar-refractivity contribution < 1.29 is 12.9 Å². The van der Waals surface area contributed by atoms with Crippen LogP contribution in [-0.2, 0) is 15.1 Å². The van der Waals surface area contributed by atoms with Crippen molar-refractivity contribution in [1.82, 2.24) is 4.31 Å².